The Morgan fingerprint density at radius 1 is 1.07 bits per heavy atom. The van der Waals surface area contributed by atoms with Crippen LogP contribution in [0.2, 0.25) is 0 Å². The second kappa shape index (κ2) is 19.2. The minimum absolute atomic E-state index is 0.0549. The van der Waals surface area contributed by atoms with Crippen LogP contribution in [0.15, 0.2) is 0 Å². The van der Waals surface area contributed by atoms with Gasteiger partial charge in [0, 0.05) is 18.4 Å². The summed E-state index contributed by atoms with van der Waals surface area (Å²) in [7, 11) is 0. The van der Waals surface area contributed by atoms with Crippen molar-refractivity contribution in [2.75, 3.05) is 46.1 Å². The van der Waals surface area contributed by atoms with Crippen LogP contribution in [0.25, 0.3) is 0 Å². The van der Waals surface area contributed by atoms with Gasteiger partial charge in [-0.2, -0.15) is 0 Å². The fourth-order valence-electron chi connectivity index (χ4n) is 2.11. The summed E-state index contributed by atoms with van der Waals surface area (Å²) in [6.45, 7) is 12.0. The first-order valence-corrected chi connectivity index (χ1v) is 10.5. The van der Waals surface area contributed by atoms with E-state index in [2.05, 4.69) is 36.3 Å². The first-order chi connectivity index (χ1) is 13.5. The molecule has 0 aromatic heterocycles. The number of hydrogen-bond donors (Lipinski definition) is 3. The van der Waals surface area contributed by atoms with Crippen LogP contribution in [-0.2, 0) is 19.0 Å². The summed E-state index contributed by atoms with van der Waals surface area (Å²) in [6, 6.07) is 0.547. The summed E-state index contributed by atoms with van der Waals surface area (Å²) in [5.41, 5.74) is 5.91. The number of carbonyl (C=O) groups is 1. The largest absolute Gasteiger partial charge is 0.379 e. The standard InChI is InChI=1S/C21H41N3O4/c1-5-19(4)23-11-7-9-20(22)28-17-16-27-15-14-26-13-10-21(25)24-12-6-8-18(2)3/h18-20,23H,5,7,9-17,22H2,1-4H3,(H,24,25). The zero-order valence-electron chi connectivity index (χ0n) is 18.2. The van der Waals surface area contributed by atoms with E-state index in [-0.39, 0.29) is 12.1 Å². The molecule has 0 saturated carbocycles. The molecule has 2 atom stereocenters. The van der Waals surface area contributed by atoms with Crippen molar-refractivity contribution in [3.63, 3.8) is 0 Å². The molecule has 0 aromatic rings. The third-order valence-electron chi connectivity index (χ3n) is 3.94. The second-order valence-corrected chi connectivity index (χ2v) is 7.04. The van der Waals surface area contributed by atoms with Crippen LogP contribution in [0, 0.1) is 17.8 Å². The number of carbonyl (C=O) groups excluding carboxylic acids is 1. The highest BCUT2D eigenvalue weighted by molar-refractivity contribution is 5.76. The quantitative estimate of drug-likeness (QED) is 0.196. The highest BCUT2D eigenvalue weighted by Gasteiger charge is 2.03. The Balaban J connectivity index is 3.35. The van der Waals surface area contributed by atoms with Gasteiger partial charge in [-0.25, -0.2) is 0 Å². The Kier molecular flexibility index (Phi) is 18.4. The Bertz CT molecular complexity index is 435. The van der Waals surface area contributed by atoms with E-state index in [0.717, 1.165) is 25.8 Å². The molecule has 0 rings (SSSR count). The van der Waals surface area contributed by atoms with E-state index in [1.165, 1.54) is 0 Å². The lowest BCUT2D eigenvalue weighted by atomic mass is 10.2. The smallest absolute Gasteiger partial charge is 0.223 e. The molecule has 0 radical (unpaired) electrons. The van der Waals surface area contributed by atoms with Crippen molar-refractivity contribution in [3.05, 3.63) is 0 Å². The molecule has 0 aliphatic heterocycles. The summed E-state index contributed by atoms with van der Waals surface area (Å²) >= 11 is 0. The van der Waals surface area contributed by atoms with Crippen molar-refractivity contribution in [3.8, 4) is 11.8 Å². The van der Waals surface area contributed by atoms with Gasteiger partial charge in [-0.15, -0.1) is 0 Å². The van der Waals surface area contributed by atoms with Crippen LogP contribution < -0.4 is 16.4 Å². The number of nitrogens with one attached hydrogen (secondary N) is 2. The Morgan fingerprint density at radius 2 is 1.75 bits per heavy atom. The molecule has 0 spiro atoms. The topological polar surface area (TPSA) is 94.8 Å². The lowest BCUT2D eigenvalue weighted by Crippen LogP contribution is -2.30. The van der Waals surface area contributed by atoms with Gasteiger partial charge in [-0.1, -0.05) is 32.6 Å². The number of hydrogen-bond acceptors (Lipinski definition) is 6. The molecule has 0 aliphatic rings. The van der Waals surface area contributed by atoms with Gasteiger partial charge in [0.25, 0.3) is 0 Å². The van der Waals surface area contributed by atoms with Gasteiger partial charge in [0.1, 0.15) is 6.23 Å². The molecular formula is C21H41N3O4. The normalized spacial score (nSPS) is 13.1. The zero-order chi connectivity index (χ0) is 21.0. The summed E-state index contributed by atoms with van der Waals surface area (Å²) in [6.07, 6.45) is 3.04. The summed E-state index contributed by atoms with van der Waals surface area (Å²) in [5.74, 6) is 6.16. The molecule has 0 heterocycles. The zero-order valence-corrected chi connectivity index (χ0v) is 18.2. The van der Waals surface area contributed by atoms with Crippen molar-refractivity contribution in [2.45, 2.75) is 65.6 Å². The van der Waals surface area contributed by atoms with E-state index in [1.807, 2.05) is 13.8 Å². The van der Waals surface area contributed by atoms with E-state index >= 15 is 0 Å². The monoisotopic (exact) mass is 399 g/mol. The molecule has 1 amide bonds. The molecule has 0 aromatic carbocycles. The van der Waals surface area contributed by atoms with Crippen LogP contribution in [0.4, 0.5) is 0 Å². The number of ether oxygens (including phenoxy) is 3. The van der Waals surface area contributed by atoms with Crippen LogP contribution in [-0.4, -0.2) is 64.3 Å². The van der Waals surface area contributed by atoms with Gasteiger partial charge >= 0.3 is 0 Å². The maximum absolute atomic E-state index is 11.5. The van der Waals surface area contributed by atoms with Gasteiger partial charge in [-0.3, -0.25) is 4.79 Å². The summed E-state index contributed by atoms with van der Waals surface area (Å²) < 4.78 is 16.3. The molecule has 7 heteroatoms. The molecule has 4 N–H and O–H groups in total. The molecule has 0 aliphatic carbocycles. The van der Waals surface area contributed by atoms with E-state index in [1.54, 1.807) is 0 Å². The average molecular weight is 400 g/mol. The Labute approximate surface area is 171 Å². The molecule has 164 valence electrons. The van der Waals surface area contributed by atoms with Crippen molar-refractivity contribution < 1.29 is 19.0 Å². The van der Waals surface area contributed by atoms with Gasteiger partial charge in [0.05, 0.1) is 39.6 Å². The van der Waals surface area contributed by atoms with E-state index in [0.29, 0.717) is 58.0 Å². The fraction of sp³-hybridized carbons (Fsp3) is 0.857. The van der Waals surface area contributed by atoms with Gasteiger partial charge in [-0.05, 0) is 32.7 Å². The fourth-order valence-corrected chi connectivity index (χ4v) is 2.11. The summed E-state index contributed by atoms with van der Waals surface area (Å²) in [5, 5.41) is 6.17. The molecule has 0 saturated heterocycles. The number of rotatable bonds is 17. The van der Waals surface area contributed by atoms with Crippen molar-refractivity contribution in [1.82, 2.24) is 10.6 Å². The molecule has 0 bridgehead atoms. The first-order valence-electron chi connectivity index (χ1n) is 10.5. The average Bonchev–Trinajstić information content (AvgIpc) is 2.66. The van der Waals surface area contributed by atoms with Crippen molar-refractivity contribution in [2.24, 2.45) is 11.7 Å². The maximum atomic E-state index is 11.5. The SMILES string of the molecule is CCC(C)NCCCC(N)OCCOCCOCCC(=O)NCC#CC(C)C. The minimum atomic E-state index is -0.248. The summed E-state index contributed by atoms with van der Waals surface area (Å²) in [4.78, 5) is 11.5. The maximum Gasteiger partial charge on any atom is 0.223 e. The highest BCUT2D eigenvalue weighted by atomic mass is 16.5. The third-order valence-corrected chi connectivity index (χ3v) is 3.94. The van der Waals surface area contributed by atoms with Gasteiger partial charge < -0.3 is 30.6 Å². The van der Waals surface area contributed by atoms with E-state index in [9.17, 15) is 4.79 Å². The first kappa shape index (κ1) is 26.8. The Hall–Kier alpha value is -1.17. The van der Waals surface area contributed by atoms with Crippen molar-refractivity contribution >= 4 is 5.91 Å². The predicted molar refractivity (Wildman–Crippen MR) is 113 cm³/mol. The van der Waals surface area contributed by atoms with Crippen LogP contribution in [0.5, 0.6) is 0 Å². The predicted octanol–water partition coefficient (Wildman–Crippen LogP) is 1.66. The second-order valence-electron chi connectivity index (χ2n) is 7.04. The molecule has 2 unspecified atom stereocenters. The van der Waals surface area contributed by atoms with Crippen molar-refractivity contribution in [1.29, 1.82) is 0 Å². The highest BCUT2D eigenvalue weighted by Crippen LogP contribution is 1.97. The minimum Gasteiger partial charge on any atom is -0.379 e. The van der Waals surface area contributed by atoms with Crippen LogP contribution in [0.3, 0.4) is 0 Å². The Morgan fingerprint density at radius 3 is 2.43 bits per heavy atom. The number of amides is 1. The molecule has 28 heavy (non-hydrogen) atoms. The van der Waals surface area contributed by atoms with Gasteiger partial charge in [0.2, 0.25) is 5.91 Å². The number of nitrogens with two attached hydrogens (primary N) is 1. The van der Waals surface area contributed by atoms with Gasteiger partial charge in [0.15, 0.2) is 0 Å². The molecule has 7 nitrogen and oxygen atoms in total. The lowest BCUT2D eigenvalue weighted by Gasteiger charge is -2.15. The van der Waals surface area contributed by atoms with E-state index < -0.39 is 0 Å². The molecular weight excluding hydrogens is 358 g/mol. The van der Waals surface area contributed by atoms with E-state index in [4.69, 9.17) is 19.9 Å². The third kappa shape index (κ3) is 19.6. The lowest BCUT2D eigenvalue weighted by molar-refractivity contribution is -0.122. The van der Waals surface area contributed by atoms with Crippen LogP contribution >= 0.6 is 0 Å². The van der Waals surface area contributed by atoms with Crippen LogP contribution in [0.1, 0.15) is 53.4 Å². The molecule has 0 fully saturated rings.